The first-order valence-corrected chi connectivity index (χ1v) is 6.15. The van der Waals surface area contributed by atoms with Crippen LogP contribution in [0.25, 0.3) is 0 Å². The van der Waals surface area contributed by atoms with Gasteiger partial charge in [0.15, 0.2) is 5.13 Å². The van der Waals surface area contributed by atoms with Gasteiger partial charge in [0.1, 0.15) is 5.69 Å². The van der Waals surface area contributed by atoms with E-state index in [4.69, 9.17) is 5.84 Å². The third-order valence-corrected chi connectivity index (χ3v) is 3.25. The van der Waals surface area contributed by atoms with E-state index < -0.39 is 0 Å². The van der Waals surface area contributed by atoms with Crippen LogP contribution in [0.15, 0.2) is 28.3 Å². The molecule has 0 spiro atoms. The number of rotatable bonds is 3. The van der Waals surface area contributed by atoms with Crippen LogP contribution in [-0.2, 0) is 0 Å². The maximum absolute atomic E-state index is 11.7. The fraction of sp³-hybridized carbons (Fsp3) is 0. The van der Waals surface area contributed by atoms with Crippen molar-refractivity contribution >= 4 is 44.0 Å². The number of carbonyl (C=O) groups is 1. The molecule has 8 heteroatoms. The van der Waals surface area contributed by atoms with Crippen molar-refractivity contribution in [3.8, 4) is 0 Å². The molecule has 1 amide bonds. The highest BCUT2D eigenvalue weighted by molar-refractivity contribution is 9.11. The van der Waals surface area contributed by atoms with Crippen LogP contribution in [0, 0.1) is 0 Å². The number of halogens is 1. The van der Waals surface area contributed by atoms with E-state index >= 15 is 0 Å². The lowest BCUT2D eigenvalue weighted by Crippen LogP contribution is -2.14. The molecule has 0 saturated heterocycles. The van der Waals surface area contributed by atoms with Crippen LogP contribution in [0.4, 0.5) is 10.8 Å². The molecule has 0 aliphatic heterocycles. The molecule has 0 atom stereocenters. The third-order valence-electron chi connectivity index (χ3n) is 1.86. The molecule has 2 rings (SSSR count). The molecule has 0 radical (unpaired) electrons. The zero-order valence-corrected chi connectivity index (χ0v) is 10.9. The quantitative estimate of drug-likeness (QED) is 0.594. The number of nitrogen functional groups attached to an aromatic ring is 1. The summed E-state index contributed by atoms with van der Waals surface area (Å²) in [5, 5.41) is 3.16. The van der Waals surface area contributed by atoms with Crippen LogP contribution < -0.4 is 16.6 Å². The Kier molecular flexibility index (Phi) is 3.67. The minimum absolute atomic E-state index is 0.301. The van der Waals surface area contributed by atoms with E-state index in [0.29, 0.717) is 16.5 Å². The van der Waals surface area contributed by atoms with Crippen molar-refractivity contribution in [2.24, 2.45) is 5.84 Å². The Morgan fingerprint density at radius 3 is 2.71 bits per heavy atom. The Labute approximate surface area is 109 Å². The molecule has 88 valence electrons. The molecule has 6 nitrogen and oxygen atoms in total. The van der Waals surface area contributed by atoms with Crippen molar-refractivity contribution in [3.63, 3.8) is 0 Å². The van der Waals surface area contributed by atoms with E-state index in [2.05, 4.69) is 36.6 Å². The predicted octanol–water partition coefficient (Wildman–Crippen LogP) is 1.84. The highest BCUT2D eigenvalue weighted by Crippen LogP contribution is 2.23. The van der Waals surface area contributed by atoms with Gasteiger partial charge >= 0.3 is 0 Å². The summed E-state index contributed by atoms with van der Waals surface area (Å²) in [7, 11) is 0. The van der Waals surface area contributed by atoms with Crippen LogP contribution in [0.2, 0.25) is 0 Å². The lowest BCUT2D eigenvalue weighted by atomic mass is 10.3. The molecule has 0 fully saturated rings. The number of pyridine rings is 1. The van der Waals surface area contributed by atoms with E-state index in [0.717, 1.165) is 3.79 Å². The lowest BCUT2D eigenvalue weighted by Gasteiger charge is -2.02. The standard InChI is InChI=1S/C9H8BrN5OS/c10-7-4-13-9(17-7)14-8(16)6-2-1-5(15-11)3-12-6/h1-4,15H,11H2,(H,13,14,16). The monoisotopic (exact) mass is 313 g/mol. The van der Waals surface area contributed by atoms with Gasteiger partial charge in [-0.2, -0.15) is 0 Å². The zero-order valence-electron chi connectivity index (χ0n) is 8.48. The number of hydrogen-bond donors (Lipinski definition) is 3. The molecule has 17 heavy (non-hydrogen) atoms. The summed E-state index contributed by atoms with van der Waals surface area (Å²) in [6.45, 7) is 0. The van der Waals surface area contributed by atoms with E-state index in [-0.39, 0.29) is 5.91 Å². The Bertz CT molecular complexity index is 526. The fourth-order valence-electron chi connectivity index (χ4n) is 1.09. The molecule has 0 bridgehead atoms. The summed E-state index contributed by atoms with van der Waals surface area (Å²) in [4.78, 5) is 19.7. The summed E-state index contributed by atoms with van der Waals surface area (Å²) in [5.41, 5.74) is 3.37. The van der Waals surface area contributed by atoms with E-state index in [1.807, 2.05) is 0 Å². The summed E-state index contributed by atoms with van der Waals surface area (Å²) in [5.74, 6) is 4.89. The maximum Gasteiger partial charge on any atom is 0.276 e. The number of anilines is 2. The summed E-state index contributed by atoms with van der Waals surface area (Å²) in [6, 6.07) is 3.24. The summed E-state index contributed by atoms with van der Waals surface area (Å²) < 4.78 is 0.850. The summed E-state index contributed by atoms with van der Waals surface area (Å²) in [6.07, 6.45) is 3.10. The van der Waals surface area contributed by atoms with Gasteiger partial charge in [0.05, 0.1) is 21.9 Å². The highest BCUT2D eigenvalue weighted by atomic mass is 79.9. The first-order chi connectivity index (χ1) is 8.19. The van der Waals surface area contributed by atoms with Crippen LogP contribution in [-0.4, -0.2) is 15.9 Å². The number of nitrogens with two attached hydrogens (primary N) is 1. The normalized spacial score (nSPS) is 10.0. The smallest absolute Gasteiger partial charge is 0.276 e. The first kappa shape index (κ1) is 12.0. The number of hydrogen-bond acceptors (Lipinski definition) is 6. The largest absolute Gasteiger partial charge is 0.323 e. The van der Waals surface area contributed by atoms with Crippen LogP contribution in [0.5, 0.6) is 0 Å². The van der Waals surface area contributed by atoms with Crippen molar-refractivity contribution in [3.05, 3.63) is 34.0 Å². The topological polar surface area (TPSA) is 92.9 Å². The molecular weight excluding hydrogens is 306 g/mol. The predicted molar refractivity (Wildman–Crippen MR) is 69.8 cm³/mol. The number of nitrogens with one attached hydrogen (secondary N) is 2. The minimum atomic E-state index is -0.310. The number of hydrazine groups is 1. The van der Waals surface area contributed by atoms with E-state index in [1.54, 1.807) is 18.3 Å². The Balaban J connectivity index is 2.09. The molecule has 0 aliphatic rings. The van der Waals surface area contributed by atoms with E-state index in [1.165, 1.54) is 17.5 Å². The molecule has 2 aromatic rings. The molecule has 0 aromatic carbocycles. The second-order valence-corrected chi connectivity index (χ2v) is 5.41. The second kappa shape index (κ2) is 5.21. The molecule has 2 aromatic heterocycles. The van der Waals surface area contributed by atoms with Crippen molar-refractivity contribution in [2.45, 2.75) is 0 Å². The number of nitrogens with zero attached hydrogens (tertiary/aromatic N) is 2. The molecule has 0 aliphatic carbocycles. The third kappa shape index (κ3) is 2.99. The van der Waals surface area contributed by atoms with Gasteiger partial charge in [-0.15, -0.1) is 0 Å². The average molecular weight is 314 g/mol. The highest BCUT2D eigenvalue weighted by Gasteiger charge is 2.09. The number of thiazole rings is 1. The Morgan fingerprint density at radius 1 is 1.35 bits per heavy atom. The van der Waals surface area contributed by atoms with Gasteiger partial charge in [0.2, 0.25) is 0 Å². The van der Waals surface area contributed by atoms with Gasteiger partial charge < -0.3 is 5.43 Å². The molecule has 2 heterocycles. The molecule has 0 saturated carbocycles. The van der Waals surface area contributed by atoms with Crippen molar-refractivity contribution in [1.82, 2.24) is 9.97 Å². The maximum atomic E-state index is 11.7. The van der Waals surface area contributed by atoms with Crippen molar-refractivity contribution in [2.75, 3.05) is 10.7 Å². The van der Waals surface area contributed by atoms with Crippen molar-refractivity contribution < 1.29 is 4.79 Å². The number of carbonyl (C=O) groups excluding carboxylic acids is 1. The first-order valence-electron chi connectivity index (χ1n) is 4.54. The van der Waals surface area contributed by atoms with Crippen molar-refractivity contribution in [1.29, 1.82) is 0 Å². The number of amides is 1. The SMILES string of the molecule is NNc1ccc(C(=O)Nc2ncc(Br)s2)nc1. The molecule has 4 N–H and O–H groups in total. The lowest BCUT2D eigenvalue weighted by molar-refractivity contribution is 0.102. The fourth-order valence-corrected chi connectivity index (χ4v) is 2.19. The Morgan fingerprint density at radius 2 is 2.18 bits per heavy atom. The average Bonchev–Trinajstić information content (AvgIpc) is 2.75. The van der Waals surface area contributed by atoms with Gasteiger partial charge in [0, 0.05) is 0 Å². The Hall–Kier alpha value is -1.51. The van der Waals surface area contributed by atoms with E-state index in [9.17, 15) is 4.79 Å². The molecule has 0 unspecified atom stereocenters. The van der Waals surface area contributed by atoms with Gasteiger partial charge in [-0.05, 0) is 28.1 Å². The zero-order chi connectivity index (χ0) is 12.3. The van der Waals surface area contributed by atoms with Gasteiger partial charge in [-0.25, -0.2) is 9.97 Å². The second-order valence-electron chi connectivity index (χ2n) is 3.00. The van der Waals surface area contributed by atoms with Gasteiger partial charge in [-0.3, -0.25) is 16.0 Å². The van der Waals surface area contributed by atoms with Crippen LogP contribution in [0.1, 0.15) is 10.5 Å². The van der Waals surface area contributed by atoms with Gasteiger partial charge in [-0.1, -0.05) is 11.3 Å². The van der Waals surface area contributed by atoms with Crippen LogP contribution >= 0.6 is 27.3 Å². The van der Waals surface area contributed by atoms with Gasteiger partial charge in [0.25, 0.3) is 5.91 Å². The number of aromatic nitrogens is 2. The summed E-state index contributed by atoms with van der Waals surface area (Å²) >= 11 is 4.60. The minimum Gasteiger partial charge on any atom is -0.323 e. The molecular formula is C9H8BrN5OS. The van der Waals surface area contributed by atoms with Crippen LogP contribution in [0.3, 0.4) is 0 Å².